The van der Waals surface area contributed by atoms with Crippen LogP contribution in [0.25, 0.3) is 0 Å². The van der Waals surface area contributed by atoms with Crippen LogP contribution in [0.3, 0.4) is 0 Å². The smallest absolute Gasteiger partial charge is 0.337 e. The number of carbonyl (C=O) groups is 1. The lowest BCUT2D eigenvalue weighted by atomic mass is 10.00. The molecule has 1 aromatic heterocycles. The molecular formula is C20H15F4N3O2. The van der Waals surface area contributed by atoms with Crippen LogP contribution in [0, 0.1) is 30.2 Å². The third-order valence-corrected chi connectivity index (χ3v) is 4.27. The van der Waals surface area contributed by atoms with Crippen molar-refractivity contribution in [1.29, 1.82) is 0 Å². The van der Waals surface area contributed by atoms with Gasteiger partial charge in [-0.05, 0) is 47.9 Å². The average Bonchev–Trinajstić information content (AvgIpc) is 2.66. The van der Waals surface area contributed by atoms with Gasteiger partial charge < -0.3 is 16.2 Å². The summed E-state index contributed by atoms with van der Waals surface area (Å²) in [5.74, 6) is -6.58. The highest BCUT2D eigenvalue weighted by molar-refractivity contribution is 5.95. The van der Waals surface area contributed by atoms with E-state index in [4.69, 9.17) is 5.73 Å². The van der Waals surface area contributed by atoms with E-state index in [2.05, 4.69) is 10.3 Å². The number of pyridine rings is 1. The minimum Gasteiger partial charge on any atom is -0.478 e. The van der Waals surface area contributed by atoms with Crippen molar-refractivity contribution in [3.8, 4) is 0 Å². The number of nitrogen functional groups attached to an aromatic ring is 1. The Morgan fingerprint density at radius 2 is 1.79 bits per heavy atom. The highest BCUT2D eigenvalue weighted by Crippen LogP contribution is 2.31. The van der Waals surface area contributed by atoms with Crippen molar-refractivity contribution < 1.29 is 27.5 Å². The minimum absolute atomic E-state index is 0.0857. The summed E-state index contributed by atoms with van der Waals surface area (Å²) in [6.45, 7) is 1.63. The maximum atomic E-state index is 14.7. The van der Waals surface area contributed by atoms with Crippen molar-refractivity contribution in [1.82, 2.24) is 4.98 Å². The Labute approximate surface area is 162 Å². The lowest BCUT2D eigenvalue weighted by Gasteiger charge is -2.15. The zero-order chi connectivity index (χ0) is 21.3. The van der Waals surface area contributed by atoms with E-state index < -0.39 is 58.3 Å². The van der Waals surface area contributed by atoms with E-state index in [1.54, 1.807) is 6.92 Å². The van der Waals surface area contributed by atoms with Crippen LogP contribution in [0.2, 0.25) is 0 Å². The molecule has 29 heavy (non-hydrogen) atoms. The Kier molecular flexibility index (Phi) is 5.40. The van der Waals surface area contributed by atoms with Gasteiger partial charge in [-0.3, -0.25) is 0 Å². The molecule has 0 saturated carbocycles. The number of benzene rings is 2. The van der Waals surface area contributed by atoms with Crippen molar-refractivity contribution in [3.05, 3.63) is 82.1 Å². The molecule has 0 amide bonds. The standard InChI is InChI=1S/C20H15F4N3O2/c1-9-2-3-14(13(21)6-9)27-18-12(20(28)29)8-11(15(22)17(18)24)7-10-4-5-26-19(25)16(10)23/h2-6,8,27H,7H2,1H3,(H2,25,26)(H,28,29). The first-order valence-corrected chi connectivity index (χ1v) is 8.35. The highest BCUT2D eigenvalue weighted by Gasteiger charge is 2.24. The van der Waals surface area contributed by atoms with Crippen LogP contribution in [-0.2, 0) is 6.42 Å². The van der Waals surface area contributed by atoms with E-state index in [1.165, 1.54) is 24.4 Å². The van der Waals surface area contributed by atoms with Crippen molar-refractivity contribution in [2.24, 2.45) is 0 Å². The van der Waals surface area contributed by atoms with Crippen LogP contribution in [0.15, 0.2) is 36.5 Å². The van der Waals surface area contributed by atoms with E-state index in [-0.39, 0.29) is 11.3 Å². The van der Waals surface area contributed by atoms with Gasteiger partial charge >= 0.3 is 5.97 Å². The van der Waals surface area contributed by atoms with E-state index in [0.29, 0.717) is 5.56 Å². The summed E-state index contributed by atoms with van der Waals surface area (Å²) in [5.41, 5.74) is 3.86. The second-order valence-corrected chi connectivity index (χ2v) is 6.35. The number of aromatic carboxylic acids is 1. The monoisotopic (exact) mass is 405 g/mol. The molecule has 0 aliphatic carbocycles. The number of nitrogens with two attached hydrogens (primary N) is 1. The molecule has 4 N–H and O–H groups in total. The van der Waals surface area contributed by atoms with Crippen molar-refractivity contribution in [2.45, 2.75) is 13.3 Å². The van der Waals surface area contributed by atoms with Crippen LogP contribution in [0.1, 0.15) is 27.0 Å². The molecule has 1 heterocycles. The van der Waals surface area contributed by atoms with E-state index in [0.717, 1.165) is 12.1 Å². The molecule has 0 radical (unpaired) electrons. The number of aromatic nitrogens is 1. The van der Waals surface area contributed by atoms with Crippen LogP contribution < -0.4 is 11.1 Å². The number of nitrogens with zero attached hydrogens (tertiary/aromatic N) is 1. The summed E-state index contributed by atoms with van der Waals surface area (Å²) in [5, 5.41) is 11.7. The number of rotatable bonds is 5. The zero-order valence-electron chi connectivity index (χ0n) is 15.1. The van der Waals surface area contributed by atoms with Gasteiger partial charge in [0.25, 0.3) is 0 Å². The lowest BCUT2D eigenvalue weighted by molar-refractivity contribution is 0.0697. The maximum Gasteiger partial charge on any atom is 0.337 e. The Morgan fingerprint density at radius 1 is 1.07 bits per heavy atom. The summed E-state index contributed by atoms with van der Waals surface area (Å²) in [7, 11) is 0. The first-order chi connectivity index (χ1) is 13.7. The predicted molar refractivity (Wildman–Crippen MR) is 99.2 cm³/mol. The molecule has 0 aliphatic heterocycles. The van der Waals surface area contributed by atoms with Gasteiger partial charge in [-0.25, -0.2) is 27.3 Å². The van der Waals surface area contributed by atoms with Crippen LogP contribution >= 0.6 is 0 Å². The third kappa shape index (κ3) is 3.98. The molecule has 0 aliphatic rings. The number of aryl methyl sites for hydroxylation is 1. The van der Waals surface area contributed by atoms with Crippen molar-refractivity contribution >= 4 is 23.2 Å². The van der Waals surface area contributed by atoms with Crippen molar-refractivity contribution in [3.63, 3.8) is 0 Å². The molecule has 2 aromatic carbocycles. The number of halogens is 4. The van der Waals surface area contributed by atoms with Gasteiger partial charge in [0.1, 0.15) is 5.82 Å². The summed E-state index contributed by atoms with van der Waals surface area (Å²) in [4.78, 5) is 15.2. The summed E-state index contributed by atoms with van der Waals surface area (Å²) < 4.78 is 57.4. The van der Waals surface area contributed by atoms with E-state index in [9.17, 15) is 27.5 Å². The molecular weight excluding hydrogens is 390 g/mol. The molecule has 5 nitrogen and oxygen atoms in total. The maximum absolute atomic E-state index is 14.7. The van der Waals surface area contributed by atoms with Gasteiger partial charge in [0, 0.05) is 12.6 Å². The Hall–Kier alpha value is -3.62. The lowest BCUT2D eigenvalue weighted by Crippen LogP contribution is -2.11. The number of carboxylic acids is 1. The number of hydrogen-bond acceptors (Lipinski definition) is 4. The van der Waals surface area contributed by atoms with Crippen LogP contribution in [-0.4, -0.2) is 16.1 Å². The number of hydrogen-bond donors (Lipinski definition) is 3. The van der Waals surface area contributed by atoms with E-state index in [1.807, 2.05) is 0 Å². The highest BCUT2D eigenvalue weighted by atomic mass is 19.2. The van der Waals surface area contributed by atoms with Crippen LogP contribution in [0.5, 0.6) is 0 Å². The first-order valence-electron chi connectivity index (χ1n) is 8.35. The van der Waals surface area contributed by atoms with Crippen LogP contribution in [0.4, 0.5) is 34.8 Å². The van der Waals surface area contributed by atoms with Gasteiger partial charge in [0.05, 0.1) is 16.9 Å². The van der Waals surface area contributed by atoms with Gasteiger partial charge in [-0.15, -0.1) is 0 Å². The van der Waals surface area contributed by atoms with Gasteiger partial charge in [-0.1, -0.05) is 6.07 Å². The SMILES string of the molecule is Cc1ccc(Nc2c(C(=O)O)cc(Cc3ccnc(N)c3F)c(F)c2F)c(F)c1. The molecule has 0 saturated heterocycles. The Bertz CT molecular complexity index is 1120. The third-order valence-electron chi connectivity index (χ3n) is 4.27. The first kappa shape index (κ1) is 20.1. The van der Waals surface area contributed by atoms with Crippen molar-refractivity contribution in [2.75, 3.05) is 11.1 Å². The average molecular weight is 405 g/mol. The molecule has 0 unspecified atom stereocenters. The molecule has 3 aromatic rings. The Morgan fingerprint density at radius 3 is 2.45 bits per heavy atom. The fourth-order valence-corrected chi connectivity index (χ4v) is 2.80. The zero-order valence-corrected chi connectivity index (χ0v) is 15.1. The molecule has 150 valence electrons. The summed E-state index contributed by atoms with van der Waals surface area (Å²) >= 11 is 0. The molecule has 0 fully saturated rings. The topological polar surface area (TPSA) is 88.2 Å². The predicted octanol–water partition coefficient (Wildman–Crippen LogP) is 4.56. The minimum atomic E-state index is -1.57. The number of anilines is 3. The fourth-order valence-electron chi connectivity index (χ4n) is 2.80. The molecule has 0 bridgehead atoms. The van der Waals surface area contributed by atoms with E-state index >= 15 is 0 Å². The van der Waals surface area contributed by atoms with Gasteiger partial charge in [-0.2, -0.15) is 0 Å². The second kappa shape index (κ2) is 7.78. The molecule has 3 rings (SSSR count). The second-order valence-electron chi connectivity index (χ2n) is 6.35. The fraction of sp³-hybridized carbons (Fsp3) is 0.100. The number of nitrogens with one attached hydrogen (secondary N) is 1. The number of carboxylic acid groups (broad SMARTS) is 1. The molecule has 9 heteroatoms. The molecule has 0 atom stereocenters. The quantitative estimate of drug-likeness (QED) is 0.542. The normalized spacial score (nSPS) is 10.8. The largest absolute Gasteiger partial charge is 0.478 e. The summed E-state index contributed by atoms with van der Waals surface area (Å²) in [6, 6.07) is 6.03. The summed E-state index contributed by atoms with van der Waals surface area (Å²) in [6.07, 6.45) is 0.733. The van der Waals surface area contributed by atoms with Gasteiger partial charge in [0.2, 0.25) is 0 Å². The van der Waals surface area contributed by atoms with Gasteiger partial charge in [0.15, 0.2) is 23.3 Å². The molecule has 0 spiro atoms. The Balaban J connectivity index is 2.08.